The maximum Gasteiger partial charge on any atom is 0.324 e. The van der Waals surface area contributed by atoms with Crippen LogP contribution in [0.5, 0.6) is 0 Å². The summed E-state index contributed by atoms with van der Waals surface area (Å²) >= 11 is 4.86. The number of thiocarbonyl (C=S) groups is 1. The fourth-order valence-electron chi connectivity index (χ4n) is 1.87. The topological polar surface area (TPSA) is 105 Å². The lowest BCUT2D eigenvalue weighted by Gasteiger charge is -2.12. The smallest absolute Gasteiger partial charge is 0.324 e. The van der Waals surface area contributed by atoms with Crippen LogP contribution in [0.3, 0.4) is 0 Å². The average molecular weight is 306 g/mol. The summed E-state index contributed by atoms with van der Waals surface area (Å²) in [6.45, 7) is 0.0297. The summed E-state index contributed by atoms with van der Waals surface area (Å²) in [5.41, 5.74) is 6.72. The van der Waals surface area contributed by atoms with Gasteiger partial charge in [0, 0.05) is 24.2 Å². The molecule has 1 aromatic rings. The van der Waals surface area contributed by atoms with Crippen molar-refractivity contribution in [2.75, 3.05) is 18.4 Å². The van der Waals surface area contributed by atoms with Crippen molar-refractivity contribution < 1.29 is 14.4 Å². The third kappa shape index (κ3) is 3.76. The van der Waals surface area contributed by atoms with Crippen LogP contribution in [0.15, 0.2) is 24.3 Å². The Bertz CT molecular complexity index is 601. The molecule has 1 heterocycles. The normalized spacial score (nSPS) is 14.0. The Morgan fingerprint density at radius 1 is 1.43 bits per heavy atom. The number of hydrogen-bond acceptors (Lipinski definition) is 4. The lowest BCUT2D eigenvalue weighted by atomic mass is 10.2. The van der Waals surface area contributed by atoms with E-state index in [-0.39, 0.29) is 36.3 Å². The third-order valence-corrected chi connectivity index (χ3v) is 3.17. The van der Waals surface area contributed by atoms with Gasteiger partial charge in [0.05, 0.1) is 6.54 Å². The molecular formula is C13H14N4O3S. The van der Waals surface area contributed by atoms with Crippen LogP contribution in [0.25, 0.3) is 0 Å². The second-order valence-electron chi connectivity index (χ2n) is 4.45. The zero-order valence-corrected chi connectivity index (χ0v) is 11.9. The minimum absolute atomic E-state index is 0.0174. The van der Waals surface area contributed by atoms with Gasteiger partial charge in [0.2, 0.25) is 11.8 Å². The summed E-state index contributed by atoms with van der Waals surface area (Å²) in [6.07, 6.45) is 0.0243. The number of amides is 4. The highest BCUT2D eigenvalue weighted by Crippen LogP contribution is 2.11. The van der Waals surface area contributed by atoms with E-state index in [0.717, 1.165) is 4.90 Å². The van der Waals surface area contributed by atoms with Crippen LogP contribution in [-0.2, 0) is 9.59 Å². The molecule has 110 valence electrons. The number of hydrogen-bond donors (Lipinski definition) is 3. The SMILES string of the molecule is NC(=S)c1cccc(NC(=O)CCN2C(=O)CNC2=O)c1. The zero-order chi connectivity index (χ0) is 15.4. The molecule has 0 aliphatic carbocycles. The molecule has 2 rings (SSSR count). The van der Waals surface area contributed by atoms with Crippen LogP contribution in [-0.4, -0.2) is 40.8 Å². The van der Waals surface area contributed by atoms with Crippen molar-refractivity contribution >= 4 is 40.7 Å². The predicted octanol–water partition coefficient (Wildman–Crippen LogP) is 0.201. The molecule has 1 saturated heterocycles. The fraction of sp³-hybridized carbons (Fsp3) is 0.231. The predicted molar refractivity (Wildman–Crippen MR) is 80.7 cm³/mol. The van der Waals surface area contributed by atoms with E-state index in [1.54, 1.807) is 24.3 Å². The number of anilines is 1. The molecule has 1 fully saturated rings. The largest absolute Gasteiger partial charge is 0.389 e. The first-order chi connectivity index (χ1) is 9.97. The molecule has 1 aliphatic rings. The van der Waals surface area contributed by atoms with E-state index in [1.807, 2.05) is 0 Å². The van der Waals surface area contributed by atoms with Gasteiger partial charge in [-0.2, -0.15) is 0 Å². The molecule has 4 amide bonds. The molecule has 1 aromatic carbocycles. The van der Waals surface area contributed by atoms with Crippen molar-refractivity contribution in [3.63, 3.8) is 0 Å². The quantitative estimate of drug-likeness (QED) is 0.532. The number of benzene rings is 1. The Hall–Kier alpha value is -2.48. The van der Waals surface area contributed by atoms with Crippen molar-refractivity contribution in [3.8, 4) is 0 Å². The zero-order valence-electron chi connectivity index (χ0n) is 11.1. The van der Waals surface area contributed by atoms with Gasteiger partial charge in [0.15, 0.2) is 0 Å². The molecular weight excluding hydrogens is 292 g/mol. The highest BCUT2D eigenvalue weighted by Gasteiger charge is 2.28. The Labute approximate surface area is 126 Å². The number of carbonyl (C=O) groups is 3. The Balaban J connectivity index is 1.90. The first-order valence-electron chi connectivity index (χ1n) is 6.25. The van der Waals surface area contributed by atoms with E-state index >= 15 is 0 Å². The number of carbonyl (C=O) groups excluding carboxylic acids is 3. The molecule has 0 radical (unpaired) electrons. The van der Waals surface area contributed by atoms with Gasteiger partial charge in [-0.1, -0.05) is 24.4 Å². The summed E-state index contributed by atoms with van der Waals surface area (Å²) in [5, 5.41) is 5.06. The van der Waals surface area contributed by atoms with Crippen LogP contribution < -0.4 is 16.4 Å². The molecule has 4 N–H and O–H groups in total. The molecule has 8 heteroatoms. The number of imide groups is 1. The summed E-state index contributed by atoms with van der Waals surface area (Å²) in [4.78, 5) is 35.7. The van der Waals surface area contributed by atoms with Gasteiger partial charge in [-0.05, 0) is 12.1 Å². The summed E-state index contributed by atoms with van der Waals surface area (Å²) < 4.78 is 0. The number of nitrogens with one attached hydrogen (secondary N) is 2. The van der Waals surface area contributed by atoms with Gasteiger partial charge in [-0.25, -0.2) is 4.79 Å². The molecule has 21 heavy (non-hydrogen) atoms. The fourth-order valence-corrected chi connectivity index (χ4v) is 2.00. The maximum atomic E-state index is 11.8. The first-order valence-corrected chi connectivity index (χ1v) is 6.66. The second-order valence-corrected chi connectivity index (χ2v) is 4.89. The van der Waals surface area contributed by atoms with Gasteiger partial charge >= 0.3 is 6.03 Å². The lowest BCUT2D eigenvalue weighted by Crippen LogP contribution is -2.33. The van der Waals surface area contributed by atoms with E-state index < -0.39 is 6.03 Å². The van der Waals surface area contributed by atoms with Gasteiger partial charge in [0.1, 0.15) is 4.99 Å². The lowest BCUT2D eigenvalue weighted by molar-refractivity contribution is -0.125. The molecule has 0 spiro atoms. The van der Waals surface area contributed by atoms with Gasteiger partial charge in [0.25, 0.3) is 0 Å². The molecule has 0 saturated carbocycles. The minimum atomic E-state index is -0.469. The molecule has 0 aromatic heterocycles. The highest BCUT2D eigenvalue weighted by molar-refractivity contribution is 7.80. The highest BCUT2D eigenvalue weighted by atomic mass is 32.1. The Morgan fingerprint density at radius 2 is 2.19 bits per heavy atom. The number of nitrogens with two attached hydrogens (primary N) is 1. The number of urea groups is 1. The van der Waals surface area contributed by atoms with E-state index in [4.69, 9.17) is 18.0 Å². The monoisotopic (exact) mass is 306 g/mol. The van der Waals surface area contributed by atoms with Crippen molar-refractivity contribution in [1.29, 1.82) is 0 Å². The van der Waals surface area contributed by atoms with E-state index in [9.17, 15) is 14.4 Å². The van der Waals surface area contributed by atoms with Crippen LogP contribution >= 0.6 is 12.2 Å². The molecule has 1 aliphatic heterocycles. The molecule has 0 unspecified atom stereocenters. The second kappa shape index (κ2) is 6.31. The van der Waals surface area contributed by atoms with Gasteiger partial charge in [-0.3, -0.25) is 14.5 Å². The van der Waals surface area contributed by atoms with E-state index in [2.05, 4.69) is 10.6 Å². The van der Waals surface area contributed by atoms with Gasteiger partial charge < -0.3 is 16.4 Å². The van der Waals surface area contributed by atoms with Crippen LogP contribution in [0.1, 0.15) is 12.0 Å². The van der Waals surface area contributed by atoms with Crippen LogP contribution in [0.4, 0.5) is 10.5 Å². The average Bonchev–Trinajstić information content (AvgIpc) is 2.76. The summed E-state index contributed by atoms with van der Waals surface area (Å²) in [6, 6.07) is 6.36. The summed E-state index contributed by atoms with van der Waals surface area (Å²) in [5.74, 6) is -0.633. The minimum Gasteiger partial charge on any atom is -0.389 e. The Morgan fingerprint density at radius 3 is 2.81 bits per heavy atom. The number of nitrogens with zero attached hydrogens (tertiary/aromatic N) is 1. The maximum absolute atomic E-state index is 11.8. The standard InChI is InChI=1S/C13H14N4O3S/c14-12(21)8-2-1-3-9(6-8)16-10(18)4-5-17-11(19)7-15-13(17)20/h1-3,6H,4-5,7H2,(H2,14,21)(H,15,20)(H,16,18). The third-order valence-electron chi connectivity index (χ3n) is 2.93. The van der Waals surface area contributed by atoms with Crippen molar-refractivity contribution in [2.45, 2.75) is 6.42 Å². The molecule has 7 nitrogen and oxygen atoms in total. The van der Waals surface area contributed by atoms with Crippen LogP contribution in [0, 0.1) is 0 Å². The number of rotatable bonds is 5. The summed E-state index contributed by atoms with van der Waals surface area (Å²) in [7, 11) is 0. The van der Waals surface area contributed by atoms with Crippen molar-refractivity contribution in [1.82, 2.24) is 10.2 Å². The molecule has 0 bridgehead atoms. The van der Waals surface area contributed by atoms with Crippen LogP contribution in [0.2, 0.25) is 0 Å². The van der Waals surface area contributed by atoms with E-state index in [1.165, 1.54) is 0 Å². The molecule has 0 atom stereocenters. The Kier molecular flexibility index (Phi) is 4.49. The van der Waals surface area contributed by atoms with Gasteiger partial charge in [-0.15, -0.1) is 0 Å². The van der Waals surface area contributed by atoms with Crippen molar-refractivity contribution in [2.24, 2.45) is 5.73 Å². The van der Waals surface area contributed by atoms with Crippen molar-refractivity contribution in [3.05, 3.63) is 29.8 Å². The first kappa shape index (κ1) is 14.9. The van der Waals surface area contributed by atoms with E-state index in [0.29, 0.717) is 11.3 Å².